The van der Waals surface area contributed by atoms with Crippen LogP contribution in [-0.4, -0.2) is 41.5 Å². The average molecular weight is 272 g/mol. The molecule has 2 heterocycles. The smallest absolute Gasteiger partial charge is 0.270 e. The summed E-state index contributed by atoms with van der Waals surface area (Å²) in [7, 11) is 0. The van der Waals surface area contributed by atoms with E-state index in [0.717, 1.165) is 24.1 Å². The van der Waals surface area contributed by atoms with Crippen molar-refractivity contribution in [2.45, 2.75) is 13.0 Å². The number of rotatable bonds is 1. The maximum absolute atomic E-state index is 12.0. The van der Waals surface area contributed by atoms with Crippen LogP contribution in [0.2, 0.25) is 0 Å². The predicted molar refractivity (Wildman–Crippen MR) is 61.9 cm³/mol. The van der Waals surface area contributed by atoms with Gasteiger partial charge in [-0.2, -0.15) is 0 Å². The van der Waals surface area contributed by atoms with Crippen molar-refractivity contribution in [1.82, 2.24) is 15.2 Å². The van der Waals surface area contributed by atoms with Crippen LogP contribution in [0, 0.1) is 0 Å². The normalized spacial score (nSPS) is 21.7. The molecular formula is C10H14BrN3O. The highest BCUT2D eigenvalue weighted by Gasteiger charge is 2.22. The van der Waals surface area contributed by atoms with Gasteiger partial charge in [0.05, 0.1) is 0 Å². The minimum Gasteiger partial charge on any atom is -0.356 e. The first-order valence-electron chi connectivity index (χ1n) is 5.03. The molecule has 4 nitrogen and oxygen atoms in total. The Morgan fingerprint density at radius 3 is 3.07 bits per heavy atom. The molecule has 82 valence electrons. The number of carbonyl (C=O) groups is 1. The van der Waals surface area contributed by atoms with Gasteiger partial charge in [-0.15, -0.1) is 0 Å². The molecule has 1 aliphatic rings. The third kappa shape index (κ3) is 2.41. The Kier molecular flexibility index (Phi) is 3.11. The quantitative estimate of drug-likeness (QED) is 0.807. The van der Waals surface area contributed by atoms with Crippen molar-refractivity contribution in [3.63, 3.8) is 0 Å². The van der Waals surface area contributed by atoms with Crippen molar-refractivity contribution in [3.05, 3.63) is 22.4 Å². The van der Waals surface area contributed by atoms with Crippen molar-refractivity contribution in [2.24, 2.45) is 0 Å². The molecule has 1 amide bonds. The summed E-state index contributed by atoms with van der Waals surface area (Å²) in [6.07, 6.45) is 1.78. The summed E-state index contributed by atoms with van der Waals surface area (Å²) in [6.45, 7) is 4.51. The molecule has 1 atom stereocenters. The Hall–Kier alpha value is -0.810. The van der Waals surface area contributed by atoms with E-state index in [2.05, 4.69) is 33.2 Å². The van der Waals surface area contributed by atoms with Gasteiger partial charge in [-0.1, -0.05) is 0 Å². The second kappa shape index (κ2) is 4.37. The van der Waals surface area contributed by atoms with Crippen LogP contribution in [0.1, 0.15) is 17.4 Å². The first kappa shape index (κ1) is 10.7. The van der Waals surface area contributed by atoms with Gasteiger partial charge in [0.1, 0.15) is 5.69 Å². The summed E-state index contributed by atoms with van der Waals surface area (Å²) in [4.78, 5) is 16.8. The van der Waals surface area contributed by atoms with Gasteiger partial charge in [-0.05, 0) is 28.9 Å². The summed E-state index contributed by atoms with van der Waals surface area (Å²) < 4.78 is 0.911. The second-order valence-corrected chi connectivity index (χ2v) is 4.75. The van der Waals surface area contributed by atoms with Crippen LogP contribution in [0.25, 0.3) is 0 Å². The van der Waals surface area contributed by atoms with E-state index in [9.17, 15) is 4.79 Å². The van der Waals surface area contributed by atoms with Crippen LogP contribution < -0.4 is 5.32 Å². The Morgan fingerprint density at radius 1 is 1.67 bits per heavy atom. The van der Waals surface area contributed by atoms with Crippen molar-refractivity contribution in [2.75, 3.05) is 19.6 Å². The van der Waals surface area contributed by atoms with Gasteiger partial charge < -0.3 is 15.2 Å². The van der Waals surface area contributed by atoms with Gasteiger partial charge in [0, 0.05) is 36.3 Å². The van der Waals surface area contributed by atoms with Gasteiger partial charge >= 0.3 is 0 Å². The highest BCUT2D eigenvalue weighted by Crippen LogP contribution is 2.13. The molecule has 0 spiro atoms. The monoisotopic (exact) mass is 271 g/mol. The highest BCUT2D eigenvalue weighted by atomic mass is 79.9. The van der Waals surface area contributed by atoms with Crippen molar-refractivity contribution >= 4 is 21.8 Å². The van der Waals surface area contributed by atoms with Crippen molar-refractivity contribution < 1.29 is 4.79 Å². The van der Waals surface area contributed by atoms with E-state index in [4.69, 9.17) is 0 Å². The zero-order valence-corrected chi connectivity index (χ0v) is 10.2. The van der Waals surface area contributed by atoms with Crippen LogP contribution >= 0.6 is 15.9 Å². The molecule has 0 aromatic carbocycles. The SMILES string of the molecule is C[C@H]1CN(C(=O)c2cc(Br)c[nH]2)CCN1. The van der Waals surface area contributed by atoms with Crippen LogP contribution in [0.3, 0.4) is 0 Å². The fourth-order valence-corrected chi connectivity index (χ4v) is 2.12. The lowest BCUT2D eigenvalue weighted by atomic mass is 10.2. The fraction of sp³-hybridized carbons (Fsp3) is 0.500. The third-order valence-electron chi connectivity index (χ3n) is 2.53. The van der Waals surface area contributed by atoms with Crippen molar-refractivity contribution in [3.8, 4) is 0 Å². The third-order valence-corrected chi connectivity index (χ3v) is 2.99. The molecule has 0 bridgehead atoms. The van der Waals surface area contributed by atoms with Crippen LogP contribution in [0.5, 0.6) is 0 Å². The standard InChI is InChI=1S/C10H14BrN3O/c1-7-6-14(3-2-12-7)10(15)9-4-8(11)5-13-9/h4-5,7,12-13H,2-3,6H2,1H3/t7-/m0/s1. The summed E-state index contributed by atoms with van der Waals surface area (Å²) in [5.74, 6) is 0.0778. The first-order valence-corrected chi connectivity index (χ1v) is 5.82. The summed E-state index contributed by atoms with van der Waals surface area (Å²) >= 11 is 3.32. The number of hydrogen-bond acceptors (Lipinski definition) is 2. The van der Waals surface area contributed by atoms with E-state index in [0.29, 0.717) is 11.7 Å². The molecule has 0 unspecified atom stereocenters. The first-order chi connectivity index (χ1) is 7.16. The molecule has 2 rings (SSSR count). The maximum atomic E-state index is 12.0. The number of carbonyl (C=O) groups excluding carboxylic acids is 1. The lowest BCUT2D eigenvalue weighted by molar-refractivity contribution is 0.0704. The summed E-state index contributed by atoms with van der Waals surface area (Å²) in [6, 6.07) is 2.19. The summed E-state index contributed by atoms with van der Waals surface area (Å²) in [5.41, 5.74) is 0.649. The van der Waals surface area contributed by atoms with Crippen LogP contribution in [0.4, 0.5) is 0 Å². The molecular weight excluding hydrogens is 258 g/mol. The molecule has 5 heteroatoms. The van der Waals surface area contributed by atoms with Gasteiger partial charge in [-0.3, -0.25) is 4.79 Å². The number of halogens is 1. The molecule has 15 heavy (non-hydrogen) atoms. The Labute approximate surface area is 97.2 Å². The molecule has 1 aromatic rings. The highest BCUT2D eigenvalue weighted by molar-refractivity contribution is 9.10. The van der Waals surface area contributed by atoms with E-state index in [1.54, 1.807) is 6.20 Å². The molecule has 1 aromatic heterocycles. The Morgan fingerprint density at radius 2 is 2.47 bits per heavy atom. The molecule has 1 fully saturated rings. The topological polar surface area (TPSA) is 48.1 Å². The second-order valence-electron chi connectivity index (χ2n) is 3.84. The minimum absolute atomic E-state index is 0.0778. The van der Waals surface area contributed by atoms with Gasteiger partial charge in [-0.25, -0.2) is 0 Å². The van der Waals surface area contributed by atoms with E-state index >= 15 is 0 Å². The zero-order chi connectivity index (χ0) is 10.8. The Bertz CT molecular complexity index is 363. The van der Waals surface area contributed by atoms with E-state index < -0.39 is 0 Å². The predicted octanol–water partition coefficient (Wildman–Crippen LogP) is 1.21. The number of aromatic amines is 1. The Balaban J connectivity index is 2.07. The molecule has 0 saturated carbocycles. The molecule has 0 aliphatic carbocycles. The average Bonchev–Trinajstić information content (AvgIpc) is 2.64. The molecule has 1 saturated heterocycles. The van der Waals surface area contributed by atoms with E-state index in [-0.39, 0.29) is 5.91 Å². The summed E-state index contributed by atoms with van der Waals surface area (Å²) in [5, 5.41) is 3.31. The van der Waals surface area contributed by atoms with Crippen LogP contribution in [-0.2, 0) is 0 Å². The number of piperazine rings is 1. The lowest BCUT2D eigenvalue weighted by Gasteiger charge is -2.31. The molecule has 0 radical (unpaired) electrons. The van der Waals surface area contributed by atoms with Gasteiger partial charge in [0.2, 0.25) is 0 Å². The number of H-pyrrole nitrogens is 1. The fourth-order valence-electron chi connectivity index (χ4n) is 1.78. The van der Waals surface area contributed by atoms with Gasteiger partial charge in [0.15, 0.2) is 0 Å². The molecule has 2 N–H and O–H groups in total. The zero-order valence-electron chi connectivity index (χ0n) is 8.59. The lowest BCUT2D eigenvalue weighted by Crippen LogP contribution is -2.51. The van der Waals surface area contributed by atoms with Crippen molar-refractivity contribution in [1.29, 1.82) is 0 Å². The number of amides is 1. The largest absolute Gasteiger partial charge is 0.356 e. The maximum Gasteiger partial charge on any atom is 0.270 e. The minimum atomic E-state index is 0.0778. The van der Waals surface area contributed by atoms with E-state index in [1.165, 1.54) is 0 Å². The molecule has 1 aliphatic heterocycles. The number of aromatic nitrogens is 1. The number of nitrogens with zero attached hydrogens (tertiary/aromatic N) is 1. The van der Waals surface area contributed by atoms with E-state index in [1.807, 2.05) is 11.0 Å². The number of hydrogen-bond donors (Lipinski definition) is 2. The van der Waals surface area contributed by atoms with Crippen LogP contribution in [0.15, 0.2) is 16.7 Å². The number of nitrogens with one attached hydrogen (secondary N) is 2. The van der Waals surface area contributed by atoms with Gasteiger partial charge in [0.25, 0.3) is 5.91 Å².